The fourth-order valence-corrected chi connectivity index (χ4v) is 2.53. The molecular weight excluding hydrogens is 378 g/mol. The second-order valence-electron chi connectivity index (χ2n) is 6.31. The van der Waals surface area contributed by atoms with Crippen LogP contribution < -0.4 is 10.1 Å². The molecular formula is C20H21N3O6. The topological polar surface area (TPSA) is 117 Å². The molecule has 0 bridgehead atoms. The number of methoxy groups -OCH3 is 1. The number of aromatic nitrogens is 2. The molecule has 3 rings (SSSR count). The standard InChI is InChI=1S/C20H21N3O6/c1-12-6-7-15(26-3)14(11-12)21-20(25)13(2)28-18(24)9-8-17-22-19(23-29-17)16-5-4-10-27-16/h4-7,10-11,13H,8-9H2,1-3H3,(H,21,25). The number of amides is 1. The zero-order chi connectivity index (χ0) is 20.8. The van der Waals surface area contributed by atoms with Gasteiger partial charge in [-0.25, -0.2) is 0 Å². The van der Waals surface area contributed by atoms with E-state index in [9.17, 15) is 9.59 Å². The van der Waals surface area contributed by atoms with Crippen LogP contribution in [0.1, 0.15) is 24.8 Å². The average Bonchev–Trinajstić information content (AvgIpc) is 3.38. The second kappa shape index (κ2) is 9.05. The van der Waals surface area contributed by atoms with Crippen LogP contribution in [0.5, 0.6) is 5.75 Å². The normalized spacial score (nSPS) is 11.7. The summed E-state index contributed by atoms with van der Waals surface area (Å²) in [7, 11) is 1.51. The summed E-state index contributed by atoms with van der Waals surface area (Å²) in [6.07, 6.45) is 0.702. The smallest absolute Gasteiger partial charge is 0.307 e. The number of esters is 1. The molecule has 9 heteroatoms. The van der Waals surface area contributed by atoms with Gasteiger partial charge in [0.15, 0.2) is 11.9 Å². The van der Waals surface area contributed by atoms with E-state index in [1.807, 2.05) is 13.0 Å². The van der Waals surface area contributed by atoms with Gasteiger partial charge in [-0.3, -0.25) is 9.59 Å². The predicted molar refractivity (Wildman–Crippen MR) is 102 cm³/mol. The van der Waals surface area contributed by atoms with Crippen molar-refractivity contribution < 1.29 is 28.0 Å². The van der Waals surface area contributed by atoms with Crippen molar-refractivity contribution >= 4 is 17.6 Å². The highest BCUT2D eigenvalue weighted by molar-refractivity contribution is 5.96. The van der Waals surface area contributed by atoms with E-state index in [0.29, 0.717) is 23.0 Å². The van der Waals surface area contributed by atoms with E-state index < -0.39 is 18.0 Å². The van der Waals surface area contributed by atoms with Gasteiger partial charge in [0.05, 0.1) is 25.5 Å². The van der Waals surface area contributed by atoms with Crippen LogP contribution in [-0.4, -0.2) is 35.2 Å². The van der Waals surface area contributed by atoms with Gasteiger partial charge in [-0.1, -0.05) is 11.2 Å². The van der Waals surface area contributed by atoms with Crippen LogP contribution in [0.25, 0.3) is 11.6 Å². The molecule has 0 aliphatic heterocycles. The lowest BCUT2D eigenvalue weighted by Gasteiger charge is -2.15. The van der Waals surface area contributed by atoms with E-state index in [2.05, 4.69) is 15.5 Å². The molecule has 1 unspecified atom stereocenters. The van der Waals surface area contributed by atoms with Crippen molar-refractivity contribution in [1.82, 2.24) is 10.1 Å². The first-order valence-corrected chi connectivity index (χ1v) is 8.97. The van der Waals surface area contributed by atoms with Crippen LogP contribution >= 0.6 is 0 Å². The molecule has 0 aliphatic rings. The van der Waals surface area contributed by atoms with E-state index in [4.69, 9.17) is 18.4 Å². The number of carbonyl (C=O) groups excluding carboxylic acids is 2. The Hall–Kier alpha value is -3.62. The molecule has 1 N–H and O–H groups in total. The van der Waals surface area contributed by atoms with Crippen LogP contribution in [0, 0.1) is 6.92 Å². The number of anilines is 1. The first-order chi connectivity index (χ1) is 14.0. The fourth-order valence-electron chi connectivity index (χ4n) is 2.53. The zero-order valence-electron chi connectivity index (χ0n) is 16.3. The van der Waals surface area contributed by atoms with Crippen LogP contribution in [0.3, 0.4) is 0 Å². The summed E-state index contributed by atoms with van der Waals surface area (Å²) in [4.78, 5) is 28.6. The summed E-state index contributed by atoms with van der Waals surface area (Å²) in [5, 5.41) is 6.50. The van der Waals surface area contributed by atoms with Crippen LogP contribution in [0.2, 0.25) is 0 Å². The first kappa shape index (κ1) is 20.1. The molecule has 0 saturated carbocycles. The summed E-state index contributed by atoms with van der Waals surface area (Å²) in [5.41, 5.74) is 1.47. The summed E-state index contributed by atoms with van der Waals surface area (Å²) < 4.78 is 20.7. The lowest BCUT2D eigenvalue weighted by atomic mass is 10.2. The Morgan fingerprint density at radius 1 is 1.28 bits per heavy atom. The van der Waals surface area contributed by atoms with Crippen molar-refractivity contribution in [2.75, 3.05) is 12.4 Å². The Morgan fingerprint density at radius 3 is 2.83 bits per heavy atom. The maximum absolute atomic E-state index is 12.3. The molecule has 0 fully saturated rings. The number of furan rings is 1. The van der Waals surface area contributed by atoms with Crippen molar-refractivity contribution in [1.29, 1.82) is 0 Å². The molecule has 1 atom stereocenters. The molecule has 0 saturated heterocycles. The van der Waals surface area contributed by atoms with Gasteiger partial charge >= 0.3 is 5.97 Å². The Labute approximate surface area is 167 Å². The highest BCUT2D eigenvalue weighted by Gasteiger charge is 2.20. The number of rotatable bonds is 8. The molecule has 152 valence electrons. The third-order valence-corrected chi connectivity index (χ3v) is 4.04. The Balaban J connectivity index is 1.50. The van der Waals surface area contributed by atoms with E-state index in [1.54, 1.807) is 24.3 Å². The SMILES string of the molecule is COc1ccc(C)cc1NC(=O)C(C)OC(=O)CCc1nc(-c2ccco2)no1. The number of nitrogens with one attached hydrogen (secondary N) is 1. The third-order valence-electron chi connectivity index (χ3n) is 4.04. The summed E-state index contributed by atoms with van der Waals surface area (Å²) >= 11 is 0. The number of nitrogens with zero attached hydrogens (tertiary/aromatic N) is 2. The Kier molecular flexibility index (Phi) is 6.28. The molecule has 3 aromatic rings. The molecule has 0 radical (unpaired) electrons. The minimum Gasteiger partial charge on any atom is -0.495 e. The van der Waals surface area contributed by atoms with Gasteiger partial charge in [-0.15, -0.1) is 0 Å². The van der Waals surface area contributed by atoms with Gasteiger partial charge in [0.2, 0.25) is 11.7 Å². The van der Waals surface area contributed by atoms with Crippen LogP contribution in [0.15, 0.2) is 45.5 Å². The maximum Gasteiger partial charge on any atom is 0.307 e. The van der Waals surface area contributed by atoms with Crippen molar-refractivity contribution in [3.8, 4) is 17.3 Å². The van der Waals surface area contributed by atoms with Crippen molar-refractivity contribution in [2.45, 2.75) is 32.8 Å². The minimum absolute atomic E-state index is 0.00876. The quantitative estimate of drug-likeness (QED) is 0.574. The molecule has 1 aromatic carbocycles. The fraction of sp³-hybridized carbons (Fsp3) is 0.300. The van der Waals surface area contributed by atoms with E-state index >= 15 is 0 Å². The highest BCUT2D eigenvalue weighted by Crippen LogP contribution is 2.25. The van der Waals surface area contributed by atoms with E-state index in [1.165, 1.54) is 20.3 Å². The largest absolute Gasteiger partial charge is 0.495 e. The van der Waals surface area contributed by atoms with Crippen LogP contribution in [0.4, 0.5) is 5.69 Å². The minimum atomic E-state index is -0.978. The maximum atomic E-state index is 12.3. The predicted octanol–water partition coefficient (Wildman–Crippen LogP) is 3.15. The van der Waals surface area contributed by atoms with Gasteiger partial charge in [0, 0.05) is 6.42 Å². The van der Waals surface area contributed by atoms with Gasteiger partial charge in [0.1, 0.15) is 5.75 Å². The molecule has 2 aromatic heterocycles. The van der Waals surface area contributed by atoms with E-state index in [0.717, 1.165) is 5.56 Å². The van der Waals surface area contributed by atoms with Crippen molar-refractivity contribution in [2.24, 2.45) is 0 Å². The Morgan fingerprint density at radius 2 is 2.10 bits per heavy atom. The summed E-state index contributed by atoms with van der Waals surface area (Å²) in [6, 6.07) is 8.81. The lowest BCUT2D eigenvalue weighted by Crippen LogP contribution is -2.30. The molecule has 29 heavy (non-hydrogen) atoms. The molecule has 9 nitrogen and oxygen atoms in total. The second-order valence-corrected chi connectivity index (χ2v) is 6.31. The highest BCUT2D eigenvalue weighted by atomic mass is 16.5. The molecule has 0 spiro atoms. The number of carbonyl (C=O) groups is 2. The number of hydrogen-bond acceptors (Lipinski definition) is 8. The lowest BCUT2D eigenvalue weighted by molar-refractivity contribution is -0.153. The average molecular weight is 399 g/mol. The molecule has 0 aliphatic carbocycles. The van der Waals surface area contributed by atoms with Gasteiger partial charge in [0.25, 0.3) is 5.91 Å². The summed E-state index contributed by atoms with van der Waals surface area (Å²) in [6.45, 7) is 3.39. The van der Waals surface area contributed by atoms with E-state index in [-0.39, 0.29) is 18.7 Å². The molecule has 1 amide bonds. The Bertz CT molecular complexity index is 980. The van der Waals surface area contributed by atoms with Crippen molar-refractivity contribution in [3.63, 3.8) is 0 Å². The number of hydrogen-bond donors (Lipinski definition) is 1. The third kappa shape index (κ3) is 5.22. The monoisotopic (exact) mass is 399 g/mol. The zero-order valence-corrected chi connectivity index (χ0v) is 16.3. The summed E-state index contributed by atoms with van der Waals surface area (Å²) in [5.74, 6) is 0.556. The van der Waals surface area contributed by atoms with Gasteiger partial charge in [-0.2, -0.15) is 4.98 Å². The number of benzene rings is 1. The van der Waals surface area contributed by atoms with Crippen LogP contribution in [-0.2, 0) is 20.7 Å². The molecule has 2 heterocycles. The first-order valence-electron chi connectivity index (χ1n) is 8.97. The van der Waals surface area contributed by atoms with Crippen molar-refractivity contribution in [3.05, 3.63) is 48.0 Å². The van der Waals surface area contributed by atoms with Gasteiger partial charge in [-0.05, 0) is 43.7 Å². The number of ether oxygens (including phenoxy) is 2. The van der Waals surface area contributed by atoms with Gasteiger partial charge < -0.3 is 23.7 Å². The number of aryl methyl sites for hydroxylation is 2.